The minimum absolute atomic E-state index is 0. The second-order valence-electron chi connectivity index (χ2n) is 5.89. The Bertz CT molecular complexity index is 651. The highest BCUT2D eigenvalue weighted by molar-refractivity contribution is 7.16. The molecular weight excluding hydrogens is 330 g/mol. The smallest absolute Gasteiger partial charge is 0.243 e. The molecule has 0 radical (unpaired) electrons. The fourth-order valence-electron chi connectivity index (χ4n) is 2.68. The van der Waals surface area contributed by atoms with Crippen LogP contribution in [0.2, 0.25) is 0 Å². The standard InChI is InChI=1S/C17H21N3OS.ClH/c1-11(2)15-14(12-7-4-3-5-8-12)19-17(22-15)20-16(21)13-9-6-10-18-13;/h3-5,7-8,11,13,18H,6,9-10H2,1-2H3,(H,19,20,21);1H. The Labute approximate surface area is 147 Å². The van der Waals surface area contributed by atoms with Gasteiger partial charge in [-0.1, -0.05) is 44.2 Å². The van der Waals surface area contributed by atoms with Crippen molar-refractivity contribution in [3.05, 3.63) is 35.2 Å². The first-order chi connectivity index (χ1) is 10.6. The van der Waals surface area contributed by atoms with Gasteiger partial charge in [0.15, 0.2) is 5.13 Å². The summed E-state index contributed by atoms with van der Waals surface area (Å²) >= 11 is 1.58. The highest BCUT2D eigenvalue weighted by Gasteiger charge is 2.24. The molecule has 1 aliphatic heterocycles. The number of amides is 1. The normalized spacial score (nSPS) is 17.1. The molecule has 124 valence electrons. The minimum Gasteiger partial charge on any atom is -0.306 e. The Balaban J connectivity index is 0.00000192. The van der Waals surface area contributed by atoms with Crippen molar-refractivity contribution in [2.45, 2.75) is 38.6 Å². The summed E-state index contributed by atoms with van der Waals surface area (Å²) in [6.07, 6.45) is 1.96. The van der Waals surface area contributed by atoms with E-state index in [-0.39, 0.29) is 24.4 Å². The maximum Gasteiger partial charge on any atom is 0.243 e. The van der Waals surface area contributed by atoms with Gasteiger partial charge in [-0.25, -0.2) is 4.98 Å². The number of hydrogen-bond acceptors (Lipinski definition) is 4. The van der Waals surface area contributed by atoms with Crippen molar-refractivity contribution in [1.29, 1.82) is 0 Å². The quantitative estimate of drug-likeness (QED) is 0.873. The molecule has 3 rings (SSSR count). The molecule has 1 aromatic carbocycles. The van der Waals surface area contributed by atoms with E-state index < -0.39 is 0 Å². The van der Waals surface area contributed by atoms with Crippen molar-refractivity contribution in [1.82, 2.24) is 10.3 Å². The van der Waals surface area contributed by atoms with Crippen molar-refractivity contribution in [2.24, 2.45) is 0 Å². The monoisotopic (exact) mass is 351 g/mol. The van der Waals surface area contributed by atoms with Crippen LogP contribution >= 0.6 is 23.7 Å². The Morgan fingerprint density at radius 3 is 2.70 bits per heavy atom. The molecule has 2 heterocycles. The Morgan fingerprint density at radius 1 is 1.35 bits per heavy atom. The number of aromatic nitrogens is 1. The van der Waals surface area contributed by atoms with E-state index in [0.717, 1.165) is 30.6 Å². The molecule has 1 fully saturated rings. The van der Waals surface area contributed by atoms with Gasteiger partial charge in [-0.2, -0.15) is 0 Å². The van der Waals surface area contributed by atoms with Crippen molar-refractivity contribution >= 4 is 34.8 Å². The maximum atomic E-state index is 12.2. The summed E-state index contributed by atoms with van der Waals surface area (Å²) in [5, 5.41) is 6.89. The number of carbonyl (C=O) groups is 1. The van der Waals surface area contributed by atoms with E-state index in [1.165, 1.54) is 4.88 Å². The number of carbonyl (C=O) groups excluding carboxylic acids is 1. The molecule has 23 heavy (non-hydrogen) atoms. The van der Waals surface area contributed by atoms with Gasteiger partial charge in [0, 0.05) is 10.4 Å². The molecule has 1 unspecified atom stereocenters. The molecule has 2 aromatic rings. The SMILES string of the molecule is CC(C)c1sc(NC(=O)C2CCCN2)nc1-c1ccccc1.Cl. The van der Waals surface area contributed by atoms with Crippen LogP contribution in [0.4, 0.5) is 5.13 Å². The minimum atomic E-state index is -0.0772. The molecule has 0 bridgehead atoms. The van der Waals surface area contributed by atoms with Gasteiger partial charge in [-0.15, -0.1) is 23.7 Å². The topological polar surface area (TPSA) is 54.0 Å². The van der Waals surface area contributed by atoms with Crippen molar-refractivity contribution < 1.29 is 4.79 Å². The predicted octanol–water partition coefficient (Wildman–Crippen LogP) is 4.05. The number of halogens is 1. The van der Waals surface area contributed by atoms with Crippen LogP contribution in [0, 0.1) is 0 Å². The Hall–Kier alpha value is -1.43. The van der Waals surface area contributed by atoms with E-state index in [1.54, 1.807) is 11.3 Å². The van der Waals surface area contributed by atoms with E-state index in [9.17, 15) is 4.79 Å². The second-order valence-corrected chi connectivity index (χ2v) is 6.92. The highest BCUT2D eigenvalue weighted by atomic mass is 35.5. The highest BCUT2D eigenvalue weighted by Crippen LogP contribution is 2.36. The largest absolute Gasteiger partial charge is 0.306 e. The second kappa shape index (κ2) is 7.90. The molecular formula is C17H22ClN3OS. The predicted molar refractivity (Wildman–Crippen MR) is 98.5 cm³/mol. The Morgan fingerprint density at radius 2 is 2.09 bits per heavy atom. The van der Waals surface area contributed by atoms with Crippen LogP contribution in [0.25, 0.3) is 11.3 Å². The number of rotatable bonds is 4. The summed E-state index contributed by atoms with van der Waals surface area (Å²) in [4.78, 5) is 18.1. The summed E-state index contributed by atoms with van der Waals surface area (Å²) in [5.41, 5.74) is 2.08. The summed E-state index contributed by atoms with van der Waals surface area (Å²) < 4.78 is 0. The van der Waals surface area contributed by atoms with Gasteiger partial charge in [0.2, 0.25) is 5.91 Å². The number of hydrogen-bond donors (Lipinski definition) is 2. The van der Waals surface area contributed by atoms with Gasteiger partial charge in [-0.3, -0.25) is 4.79 Å². The molecule has 4 nitrogen and oxygen atoms in total. The van der Waals surface area contributed by atoms with E-state index >= 15 is 0 Å². The summed E-state index contributed by atoms with van der Waals surface area (Å²) in [5.74, 6) is 0.407. The molecule has 0 spiro atoms. The molecule has 2 N–H and O–H groups in total. The fraction of sp³-hybridized carbons (Fsp3) is 0.412. The van der Waals surface area contributed by atoms with Gasteiger partial charge in [0.25, 0.3) is 0 Å². The molecule has 0 saturated carbocycles. The number of nitrogens with zero attached hydrogens (tertiary/aromatic N) is 1. The molecule has 1 saturated heterocycles. The number of anilines is 1. The lowest BCUT2D eigenvalue weighted by atomic mass is 10.1. The van der Waals surface area contributed by atoms with Crippen molar-refractivity contribution in [3.8, 4) is 11.3 Å². The van der Waals surface area contributed by atoms with Gasteiger partial charge in [-0.05, 0) is 25.3 Å². The van der Waals surface area contributed by atoms with E-state index in [4.69, 9.17) is 0 Å². The first-order valence-electron chi connectivity index (χ1n) is 7.75. The molecule has 1 amide bonds. The van der Waals surface area contributed by atoms with Crippen LogP contribution in [-0.2, 0) is 4.79 Å². The molecule has 1 aromatic heterocycles. The molecule has 1 atom stereocenters. The summed E-state index contributed by atoms with van der Waals surface area (Å²) in [7, 11) is 0. The number of benzene rings is 1. The molecule has 6 heteroatoms. The van der Waals surface area contributed by atoms with E-state index in [2.05, 4.69) is 41.6 Å². The van der Waals surface area contributed by atoms with Crippen LogP contribution in [0.5, 0.6) is 0 Å². The van der Waals surface area contributed by atoms with Crippen LogP contribution in [0.1, 0.15) is 37.5 Å². The van der Waals surface area contributed by atoms with E-state index in [0.29, 0.717) is 11.0 Å². The third kappa shape index (κ3) is 4.10. The number of nitrogens with one attached hydrogen (secondary N) is 2. The van der Waals surface area contributed by atoms with Crippen molar-refractivity contribution in [2.75, 3.05) is 11.9 Å². The molecule has 1 aliphatic rings. The van der Waals surface area contributed by atoms with Crippen LogP contribution in [0.15, 0.2) is 30.3 Å². The Kier molecular flexibility index (Phi) is 6.16. The third-order valence-electron chi connectivity index (χ3n) is 3.83. The fourth-order valence-corrected chi connectivity index (χ4v) is 3.67. The van der Waals surface area contributed by atoms with Crippen molar-refractivity contribution in [3.63, 3.8) is 0 Å². The van der Waals surface area contributed by atoms with Crippen LogP contribution in [0.3, 0.4) is 0 Å². The number of thiazole rings is 1. The van der Waals surface area contributed by atoms with Crippen LogP contribution in [-0.4, -0.2) is 23.5 Å². The molecule has 0 aliphatic carbocycles. The lowest BCUT2D eigenvalue weighted by molar-refractivity contribution is -0.117. The third-order valence-corrected chi connectivity index (χ3v) is 5.10. The average molecular weight is 352 g/mol. The first kappa shape index (κ1) is 17.9. The maximum absolute atomic E-state index is 12.2. The zero-order chi connectivity index (χ0) is 15.5. The zero-order valence-electron chi connectivity index (χ0n) is 13.3. The van der Waals surface area contributed by atoms with Gasteiger partial charge < -0.3 is 10.6 Å². The van der Waals surface area contributed by atoms with Gasteiger partial charge in [0.1, 0.15) is 0 Å². The summed E-state index contributed by atoms with van der Waals surface area (Å²) in [6, 6.07) is 10.1. The summed E-state index contributed by atoms with van der Waals surface area (Å²) in [6.45, 7) is 5.23. The lowest BCUT2D eigenvalue weighted by Crippen LogP contribution is -2.35. The van der Waals surface area contributed by atoms with Crippen LogP contribution < -0.4 is 10.6 Å². The first-order valence-corrected chi connectivity index (χ1v) is 8.57. The lowest BCUT2D eigenvalue weighted by Gasteiger charge is -2.08. The van der Waals surface area contributed by atoms with Gasteiger partial charge >= 0.3 is 0 Å². The van der Waals surface area contributed by atoms with E-state index in [1.807, 2.05) is 18.2 Å². The average Bonchev–Trinajstić information content (AvgIpc) is 3.17. The zero-order valence-corrected chi connectivity index (χ0v) is 15.0. The van der Waals surface area contributed by atoms with Gasteiger partial charge in [0.05, 0.1) is 11.7 Å².